The van der Waals surface area contributed by atoms with Crippen molar-refractivity contribution in [2.45, 2.75) is 40.7 Å². The maximum Gasteiger partial charge on any atom is 0.0499 e. The van der Waals surface area contributed by atoms with E-state index in [1.54, 1.807) is 0 Å². The van der Waals surface area contributed by atoms with Crippen LogP contribution in [0.5, 0.6) is 0 Å². The van der Waals surface area contributed by atoms with Gasteiger partial charge in [-0.3, -0.25) is 0 Å². The predicted octanol–water partition coefficient (Wildman–Crippen LogP) is 16.3. The Hall–Kier alpha value is -7.16. The molecule has 2 heteroatoms. The number of nitrogens with zero attached hydrogens (tertiary/aromatic N) is 2. The largest absolute Gasteiger partial charge is 0.337 e. The van der Waals surface area contributed by atoms with Crippen molar-refractivity contribution >= 4 is 55.8 Å². The lowest BCUT2D eigenvalue weighted by atomic mass is 9.97. The fourth-order valence-electron chi connectivity index (χ4n) is 8.27. The van der Waals surface area contributed by atoms with Gasteiger partial charge in [-0.25, -0.2) is 0 Å². The van der Waals surface area contributed by atoms with Gasteiger partial charge >= 0.3 is 0 Å². The van der Waals surface area contributed by atoms with Crippen molar-refractivity contribution in [3.8, 4) is 0 Å². The molecule has 7 aromatic carbocycles. The molecule has 61 heavy (non-hydrogen) atoms. The normalized spacial score (nSPS) is 13.2. The molecule has 7 aromatic rings. The Morgan fingerprint density at radius 3 is 1.90 bits per heavy atom. The Morgan fingerprint density at radius 1 is 0.574 bits per heavy atom. The second-order valence-corrected chi connectivity index (χ2v) is 15.1. The van der Waals surface area contributed by atoms with Crippen LogP contribution in [0.2, 0.25) is 0 Å². The van der Waals surface area contributed by atoms with Gasteiger partial charge in [0, 0.05) is 47.7 Å². The van der Waals surface area contributed by atoms with Crippen molar-refractivity contribution in [1.29, 1.82) is 0 Å². The first-order chi connectivity index (χ1) is 30.1. The number of rotatable bonds is 10. The average molecular weight is 793 g/mol. The van der Waals surface area contributed by atoms with E-state index in [9.17, 15) is 0 Å². The van der Waals surface area contributed by atoms with E-state index in [-0.39, 0.29) is 0 Å². The molecule has 0 amide bonds. The van der Waals surface area contributed by atoms with Gasteiger partial charge in [-0.05, 0) is 105 Å². The number of fused-ring (bicyclic) bond motifs is 7. The molecule has 0 saturated carbocycles. The van der Waals surface area contributed by atoms with Crippen LogP contribution in [0.1, 0.15) is 56.4 Å². The number of allylic oxidation sites excluding steroid dienone is 9. The van der Waals surface area contributed by atoms with E-state index >= 15 is 0 Å². The minimum atomic E-state index is 0.768. The van der Waals surface area contributed by atoms with Crippen LogP contribution in [-0.2, 0) is 6.54 Å². The van der Waals surface area contributed by atoms with Crippen LogP contribution in [0.15, 0.2) is 230 Å². The Kier molecular flexibility index (Phi) is 13.9. The molecule has 0 unspecified atom stereocenters. The molecule has 0 aliphatic heterocycles. The summed E-state index contributed by atoms with van der Waals surface area (Å²) in [5.74, 6) is 0. The topological polar surface area (TPSA) is 6.48 Å². The van der Waals surface area contributed by atoms with Crippen LogP contribution in [-0.4, -0.2) is 6.54 Å². The van der Waals surface area contributed by atoms with Crippen molar-refractivity contribution in [3.63, 3.8) is 0 Å². The number of hydrogen-bond acceptors (Lipinski definition) is 2. The molecule has 302 valence electrons. The van der Waals surface area contributed by atoms with E-state index in [1.807, 2.05) is 13.8 Å². The van der Waals surface area contributed by atoms with E-state index in [4.69, 9.17) is 0 Å². The first-order valence-corrected chi connectivity index (χ1v) is 21.5. The first-order valence-electron chi connectivity index (χ1n) is 21.5. The standard InChI is InChI=1S/C55H46N2.C2H6.C2H4/c1-40(38-56(48-23-7-4-8-24-48)55-37-46-21-12-14-26-51(46)52-27-15-16-28-53(52)55)29-30-41(2)43-31-33-49(34-32-43)57(39-42-17-5-3-6-18-42)54-36-45-20-11-13-25-50(45)44-19-9-10-22-47(54)35-44;2*1-2/h3-34,36-37H,35,38-39H2,1-2H3;1-2H3;1-2H2/b40-29+,41-30+;;. The molecule has 9 rings (SSSR count). The summed E-state index contributed by atoms with van der Waals surface area (Å²) < 4.78 is 0. The molecule has 0 saturated heterocycles. The van der Waals surface area contributed by atoms with Gasteiger partial charge in [0.05, 0.1) is 0 Å². The van der Waals surface area contributed by atoms with Gasteiger partial charge in [0.25, 0.3) is 0 Å². The Labute approximate surface area is 363 Å². The smallest absolute Gasteiger partial charge is 0.0499 e. The second kappa shape index (κ2) is 20.2. The van der Waals surface area contributed by atoms with E-state index in [2.05, 4.69) is 243 Å². The molecule has 2 aliphatic rings. The van der Waals surface area contributed by atoms with Crippen LogP contribution in [0, 0.1) is 0 Å². The molecule has 0 atom stereocenters. The Balaban J connectivity index is 0.00000136. The van der Waals surface area contributed by atoms with Gasteiger partial charge in [0.15, 0.2) is 0 Å². The summed E-state index contributed by atoms with van der Waals surface area (Å²) in [5, 5.41) is 5.07. The van der Waals surface area contributed by atoms with E-state index in [1.165, 1.54) is 88.9 Å². The van der Waals surface area contributed by atoms with Crippen molar-refractivity contribution in [3.05, 3.63) is 253 Å². The summed E-state index contributed by atoms with van der Waals surface area (Å²) in [4.78, 5) is 4.94. The molecular formula is C59H56N2. The van der Waals surface area contributed by atoms with Crippen LogP contribution >= 0.6 is 0 Å². The molecule has 2 nitrogen and oxygen atoms in total. The highest BCUT2D eigenvalue weighted by Crippen LogP contribution is 2.40. The zero-order chi connectivity index (χ0) is 42.6. The fraction of sp³-hybridized carbons (Fsp3) is 0.119. The number of anilines is 3. The highest BCUT2D eigenvalue weighted by molar-refractivity contribution is 6.13. The van der Waals surface area contributed by atoms with Crippen LogP contribution in [0.4, 0.5) is 17.1 Å². The highest BCUT2D eigenvalue weighted by Gasteiger charge is 2.23. The summed E-state index contributed by atoms with van der Waals surface area (Å²) in [5.41, 5.74) is 15.0. The maximum absolute atomic E-state index is 3.00. The summed E-state index contributed by atoms with van der Waals surface area (Å²) >= 11 is 0. The fourth-order valence-corrected chi connectivity index (χ4v) is 8.27. The molecular weight excluding hydrogens is 737 g/mol. The van der Waals surface area contributed by atoms with Crippen molar-refractivity contribution in [1.82, 2.24) is 0 Å². The summed E-state index contributed by atoms with van der Waals surface area (Å²) in [6, 6.07) is 59.4. The number of hydrogen-bond donors (Lipinski definition) is 0. The molecule has 2 aliphatic carbocycles. The predicted molar refractivity (Wildman–Crippen MR) is 268 cm³/mol. The van der Waals surface area contributed by atoms with E-state index < -0.39 is 0 Å². The summed E-state index contributed by atoms with van der Waals surface area (Å²) in [6.07, 6.45) is 16.8. The maximum atomic E-state index is 3.00. The number of benzene rings is 7. The molecule has 0 N–H and O–H groups in total. The van der Waals surface area contributed by atoms with Crippen LogP contribution in [0.25, 0.3) is 38.8 Å². The van der Waals surface area contributed by atoms with E-state index in [0.717, 1.165) is 19.5 Å². The lowest BCUT2D eigenvalue weighted by Crippen LogP contribution is -2.23. The third-order valence-electron chi connectivity index (χ3n) is 11.3. The van der Waals surface area contributed by atoms with Gasteiger partial charge in [0.1, 0.15) is 0 Å². The van der Waals surface area contributed by atoms with E-state index in [0.29, 0.717) is 0 Å². The van der Waals surface area contributed by atoms with Gasteiger partial charge in [0.2, 0.25) is 0 Å². The van der Waals surface area contributed by atoms with Crippen molar-refractivity contribution in [2.24, 2.45) is 0 Å². The molecule has 0 aromatic heterocycles. The number of para-hydroxylation sites is 1. The molecule has 0 heterocycles. The first kappa shape index (κ1) is 42.0. The quantitative estimate of drug-likeness (QED) is 0.0773. The third-order valence-corrected chi connectivity index (χ3v) is 11.3. The minimum absolute atomic E-state index is 0.768. The van der Waals surface area contributed by atoms with Gasteiger partial charge in [-0.1, -0.05) is 189 Å². The molecule has 0 fully saturated rings. The summed E-state index contributed by atoms with van der Waals surface area (Å²) in [7, 11) is 0. The summed E-state index contributed by atoms with van der Waals surface area (Å²) in [6.45, 7) is 16.0. The Morgan fingerprint density at radius 2 is 1.16 bits per heavy atom. The van der Waals surface area contributed by atoms with Gasteiger partial charge in [-0.2, -0.15) is 0 Å². The second-order valence-electron chi connectivity index (χ2n) is 15.1. The van der Waals surface area contributed by atoms with Crippen molar-refractivity contribution < 1.29 is 0 Å². The Bertz CT molecular complexity index is 2780. The lowest BCUT2D eigenvalue weighted by molar-refractivity contribution is 0.918. The average Bonchev–Trinajstić information content (AvgIpc) is 3.67. The third kappa shape index (κ3) is 9.51. The van der Waals surface area contributed by atoms with Crippen LogP contribution < -0.4 is 9.80 Å². The lowest BCUT2D eigenvalue weighted by Gasteiger charge is -2.29. The minimum Gasteiger partial charge on any atom is -0.337 e. The monoisotopic (exact) mass is 792 g/mol. The molecule has 2 bridgehead atoms. The van der Waals surface area contributed by atoms with Gasteiger partial charge < -0.3 is 9.80 Å². The van der Waals surface area contributed by atoms with Crippen molar-refractivity contribution in [2.75, 3.05) is 16.3 Å². The molecule has 0 radical (unpaired) electrons. The zero-order valence-electron chi connectivity index (χ0n) is 36.1. The zero-order valence-corrected chi connectivity index (χ0v) is 36.1. The SMILES string of the molecule is C/C(=C\C=C(/C)c1ccc(N(Cc2ccccc2)C2=Cc3ccccc3C3=CC=CC=C2C3)cc1)CN(c1ccccc1)c1cc2ccccc2c2ccccc12.C=C.CC. The van der Waals surface area contributed by atoms with Gasteiger partial charge in [-0.15, -0.1) is 13.2 Å². The highest BCUT2D eigenvalue weighted by atomic mass is 15.1. The van der Waals surface area contributed by atoms with Crippen LogP contribution in [0.3, 0.4) is 0 Å². The molecule has 0 spiro atoms.